The Bertz CT molecular complexity index is 597. The molecule has 0 spiro atoms. The van der Waals surface area contributed by atoms with E-state index < -0.39 is 0 Å². The third kappa shape index (κ3) is 4.39. The number of hydrogen-bond acceptors (Lipinski definition) is 6. The normalized spacial score (nSPS) is 11.2. The van der Waals surface area contributed by atoms with Gasteiger partial charge in [-0.2, -0.15) is 4.98 Å². The van der Waals surface area contributed by atoms with Gasteiger partial charge in [-0.25, -0.2) is 0 Å². The number of nitrogens with zero attached hydrogens (tertiary/aromatic N) is 3. The number of ether oxygens (including phenoxy) is 2. The van der Waals surface area contributed by atoms with E-state index in [2.05, 4.69) is 35.7 Å². The molecule has 0 bridgehead atoms. The molecule has 1 N–H and O–H groups in total. The summed E-state index contributed by atoms with van der Waals surface area (Å²) >= 11 is 0. The van der Waals surface area contributed by atoms with Gasteiger partial charge in [0.25, 0.3) is 0 Å². The van der Waals surface area contributed by atoms with Gasteiger partial charge in [0.15, 0.2) is 0 Å². The molecule has 0 aliphatic rings. The molecule has 0 atom stereocenters. The molecule has 2 heterocycles. The van der Waals surface area contributed by atoms with Crippen LogP contribution < -0.4 is 9.47 Å². The minimum Gasteiger partial charge on any atom is -0.474 e. The van der Waals surface area contributed by atoms with Crippen LogP contribution in [0.25, 0.3) is 0 Å². The summed E-state index contributed by atoms with van der Waals surface area (Å²) < 4.78 is 10.8. The molecule has 0 aliphatic heterocycles. The van der Waals surface area contributed by atoms with Crippen molar-refractivity contribution in [1.82, 2.24) is 15.0 Å². The molecule has 2 rings (SSSR count). The summed E-state index contributed by atoms with van der Waals surface area (Å²) in [6.45, 7) is 6.41. The van der Waals surface area contributed by atoms with Crippen molar-refractivity contribution in [2.45, 2.75) is 26.2 Å². The van der Waals surface area contributed by atoms with Crippen molar-refractivity contribution in [2.75, 3.05) is 13.2 Å². The van der Waals surface area contributed by atoms with Crippen LogP contribution in [0.15, 0.2) is 30.9 Å². The van der Waals surface area contributed by atoms with E-state index in [1.54, 1.807) is 6.20 Å². The molecule has 0 fully saturated rings. The van der Waals surface area contributed by atoms with Crippen molar-refractivity contribution in [3.8, 4) is 17.5 Å². The van der Waals surface area contributed by atoms with E-state index in [0.717, 1.165) is 5.56 Å². The molecular weight excluding hydrogens is 270 g/mol. The van der Waals surface area contributed by atoms with Crippen molar-refractivity contribution in [3.05, 3.63) is 36.4 Å². The van der Waals surface area contributed by atoms with Gasteiger partial charge < -0.3 is 14.6 Å². The van der Waals surface area contributed by atoms with Gasteiger partial charge in [-0.3, -0.25) is 9.97 Å². The molecule has 0 aliphatic carbocycles. The van der Waals surface area contributed by atoms with E-state index in [1.165, 1.54) is 12.4 Å². The second-order valence-corrected chi connectivity index (χ2v) is 5.53. The molecule has 6 heteroatoms. The summed E-state index contributed by atoms with van der Waals surface area (Å²) in [6.07, 6.45) is 6.40. The molecule has 2 aromatic heterocycles. The Kier molecular flexibility index (Phi) is 4.70. The van der Waals surface area contributed by atoms with E-state index in [0.29, 0.717) is 17.5 Å². The molecule has 2 aromatic rings. The smallest absolute Gasteiger partial charge is 0.241 e. The van der Waals surface area contributed by atoms with Crippen molar-refractivity contribution in [3.63, 3.8) is 0 Å². The van der Waals surface area contributed by atoms with Crippen molar-refractivity contribution < 1.29 is 14.6 Å². The van der Waals surface area contributed by atoms with Crippen LogP contribution in [0.2, 0.25) is 0 Å². The maximum absolute atomic E-state index is 8.73. The zero-order valence-electron chi connectivity index (χ0n) is 12.4. The van der Waals surface area contributed by atoms with Gasteiger partial charge in [-0.05, 0) is 17.0 Å². The summed E-state index contributed by atoms with van der Waals surface area (Å²) in [5.74, 6) is 1.22. The van der Waals surface area contributed by atoms with E-state index in [1.807, 2.05) is 12.3 Å². The Balaban J connectivity index is 2.14. The minimum atomic E-state index is -0.0791. The van der Waals surface area contributed by atoms with Crippen LogP contribution in [0.4, 0.5) is 0 Å². The van der Waals surface area contributed by atoms with E-state index in [-0.39, 0.29) is 18.6 Å². The van der Waals surface area contributed by atoms with Gasteiger partial charge in [-0.15, -0.1) is 0 Å². The highest BCUT2D eigenvalue weighted by molar-refractivity contribution is 5.31. The molecule has 0 aromatic carbocycles. The van der Waals surface area contributed by atoms with Gasteiger partial charge in [0, 0.05) is 6.20 Å². The third-order valence-electron chi connectivity index (χ3n) is 2.73. The van der Waals surface area contributed by atoms with Gasteiger partial charge in [0.2, 0.25) is 11.8 Å². The topological polar surface area (TPSA) is 77.4 Å². The minimum absolute atomic E-state index is 0.00979. The lowest BCUT2D eigenvalue weighted by molar-refractivity contribution is 0.195. The second-order valence-electron chi connectivity index (χ2n) is 5.53. The predicted octanol–water partition coefficient (Wildman–Crippen LogP) is 2.33. The summed E-state index contributed by atoms with van der Waals surface area (Å²) in [6, 6.07) is 1.93. The molecule has 0 radical (unpaired) electrons. The molecule has 0 saturated heterocycles. The summed E-state index contributed by atoms with van der Waals surface area (Å²) in [7, 11) is 0. The van der Waals surface area contributed by atoms with Gasteiger partial charge >= 0.3 is 0 Å². The highest BCUT2D eigenvalue weighted by atomic mass is 16.5. The van der Waals surface area contributed by atoms with Crippen LogP contribution in [0.3, 0.4) is 0 Å². The van der Waals surface area contributed by atoms with Gasteiger partial charge in [0.1, 0.15) is 12.4 Å². The maximum Gasteiger partial charge on any atom is 0.241 e. The Morgan fingerprint density at radius 3 is 2.48 bits per heavy atom. The summed E-state index contributed by atoms with van der Waals surface area (Å²) in [5, 5.41) is 8.73. The molecule has 21 heavy (non-hydrogen) atoms. The first-order chi connectivity index (χ1) is 9.99. The first-order valence-corrected chi connectivity index (χ1v) is 6.68. The first kappa shape index (κ1) is 15.2. The zero-order chi connectivity index (χ0) is 15.3. The van der Waals surface area contributed by atoms with Gasteiger partial charge in [0.05, 0.1) is 25.2 Å². The van der Waals surface area contributed by atoms with Crippen molar-refractivity contribution >= 4 is 0 Å². The Morgan fingerprint density at radius 2 is 1.76 bits per heavy atom. The highest BCUT2D eigenvalue weighted by Gasteiger charge is 2.15. The number of aliphatic hydroxyl groups is 1. The van der Waals surface area contributed by atoms with Gasteiger partial charge in [-0.1, -0.05) is 20.8 Å². The Morgan fingerprint density at radius 1 is 1.05 bits per heavy atom. The maximum atomic E-state index is 8.73. The fraction of sp³-hybridized carbons (Fsp3) is 0.400. The number of aromatic nitrogens is 3. The lowest BCUT2D eigenvalue weighted by atomic mass is 9.88. The van der Waals surface area contributed by atoms with E-state index in [9.17, 15) is 0 Å². The average molecular weight is 289 g/mol. The molecule has 0 amide bonds. The van der Waals surface area contributed by atoms with Crippen LogP contribution in [0, 0.1) is 0 Å². The predicted molar refractivity (Wildman–Crippen MR) is 77.6 cm³/mol. The summed E-state index contributed by atoms with van der Waals surface area (Å²) in [4.78, 5) is 12.3. The van der Waals surface area contributed by atoms with Crippen LogP contribution >= 0.6 is 0 Å². The van der Waals surface area contributed by atoms with Crippen molar-refractivity contribution in [2.24, 2.45) is 0 Å². The lowest BCUT2D eigenvalue weighted by Crippen LogP contribution is -2.11. The largest absolute Gasteiger partial charge is 0.474 e. The average Bonchev–Trinajstić information content (AvgIpc) is 2.45. The number of aliphatic hydroxyl groups excluding tert-OH is 1. The lowest BCUT2D eigenvalue weighted by Gasteiger charge is -2.18. The van der Waals surface area contributed by atoms with Crippen molar-refractivity contribution in [1.29, 1.82) is 0 Å². The molecule has 0 saturated carbocycles. The van der Waals surface area contributed by atoms with Crippen LogP contribution in [-0.2, 0) is 5.41 Å². The van der Waals surface area contributed by atoms with Crippen LogP contribution in [0.1, 0.15) is 26.3 Å². The molecule has 0 unspecified atom stereocenters. The molecule has 6 nitrogen and oxygen atoms in total. The Labute approximate surface area is 123 Å². The Hall–Kier alpha value is -2.21. The quantitative estimate of drug-likeness (QED) is 0.910. The second kappa shape index (κ2) is 6.49. The van der Waals surface area contributed by atoms with Crippen LogP contribution in [-0.4, -0.2) is 33.3 Å². The summed E-state index contributed by atoms with van der Waals surface area (Å²) in [5.41, 5.74) is 1.06. The van der Waals surface area contributed by atoms with E-state index >= 15 is 0 Å². The fourth-order valence-electron chi connectivity index (χ4n) is 1.61. The SMILES string of the molecule is CC(C)(C)c1cncc(Oc2cncc(OCCO)n2)c1. The highest BCUT2D eigenvalue weighted by Crippen LogP contribution is 2.26. The molecule has 112 valence electrons. The third-order valence-corrected chi connectivity index (χ3v) is 2.73. The monoisotopic (exact) mass is 289 g/mol. The number of rotatable bonds is 5. The van der Waals surface area contributed by atoms with Crippen LogP contribution in [0.5, 0.6) is 17.5 Å². The standard InChI is InChI=1S/C15H19N3O3/c1-15(2,3)11-6-12(8-16-7-11)21-14-10-17-9-13(18-14)20-5-4-19/h6-10,19H,4-5H2,1-3H3. The van der Waals surface area contributed by atoms with E-state index in [4.69, 9.17) is 14.6 Å². The molecular formula is C15H19N3O3. The first-order valence-electron chi connectivity index (χ1n) is 6.68. The zero-order valence-corrected chi connectivity index (χ0v) is 12.4. The number of pyridine rings is 1. The number of hydrogen-bond donors (Lipinski definition) is 1. The fourth-order valence-corrected chi connectivity index (χ4v) is 1.61.